The van der Waals surface area contributed by atoms with Crippen molar-refractivity contribution in [3.05, 3.63) is 69.7 Å². The molecule has 0 bridgehead atoms. The zero-order valence-corrected chi connectivity index (χ0v) is 16.4. The highest BCUT2D eigenvalue weighted by Gasteiger charge is 2.05. The van der Waals surface area contributed by atoms with Gasteiger partial charge in [-0.15, -0.1) is 24.0 Å². The zero-order chi connectivity index (χ0) is 15.9. The Morgan fingerprint density at radius 2 is 1.61 bits per heavy atom. The fraction of sp³-hybridized carbons (Fsp3) is 0.188. The van der Waals surface area contributed by atoms with Crippen molar-refractivity contribution in [3.8, 4) is 0 Å². The van der Waals surface area contributed by atoms with Crippen LogP contribution in [0.3, 0.4) is 0 Å². The molecule has 2 aromatic carbocycles. The highest BCUT2D eigenvalue weighted by atomic mass is 127. The SMILES string of the molecule is CN=C(NCc1ccccc1F)NCc1cc(Br)ccc1F.I. The molecule has 0 spiro atoms. The van der Waals surface area contributed by atoms with Gasteiger partial charge in [0.15, 0.2) is 5.96 Å². The maximum atomic E-state index is 13.7. The molecule has 0 fully saturated rings. The van der Waals surface area contributed by atoms with E-state index in [1.807, 2.05) is 0 Å². The largest absolute Gasteiger partial charge is 0.352 e. The van der Waals surface area contributed by atoms with E-state index in [9.17, 15) is 8.78 Å². The molecule has 3 nitrogen and oxygen atoms in total. The van der Waals surface area contributed by atoms with Gasteiger partial charge in [-0.2, -0.15) is 0 Å². The quantitative estimate of drug-likeness (QED) is 0.378. The Bertz CT molecular complexity index is 680. The summed E-state index contributed by atoms with van der Waals surface area (Å²) in [4.78, 5) is 4.04. The fourth-order valence-corrected chi connectivity index (χ4v) is 2.31. The van der Waals surface area contributed by atoms with Gasteiger partial charge in [0.1, 0.15) is 11.6 Å². The summed E-state index contributed by atoms with van der Waals surface area (Å²) in [5.41, 5.74) is 1.06. The number of nitrogens with zero attached hydrogens (tertiary/aromatic N) is 1. The van der Waals surface area contributed by atoms with Gasteiger partial charge in [0.05, 0.1) is 0 Å². The first-order valence-corrected chi connectivity index (χ1v) is 7.51. The minimum atomic E-state index is -0.291. The van der Waals surface area contributed by atoms with E-state index in [4.69, 9.17) is 0 Å². The maximum absolute atomic E-state index is 13.7. The topological polar surface area (TPSA) is 36.4 Å². The van der Waals surface area contributed by atoms with Crippen molar-refractivity contribution in [1.82, 2.24) is 10.6 Å². The molecule has 2 N–H and O–H groups in total. The highest BCUT2D eigenvalue weighted by Crippen LogP contribution is 2.15. The summed E-state index contributed by atoms with van der Waals surface area (Å²) >= 11 is 3.31. The molecule has 2 aromatic rings. The number of benzene rings is 2. The normalized spacial score (nSPS) is 10.9. The van der Waals surface area contributed by atoms with Crippen molar-refractivity contribution in [1.29, 1.82) is 0 Å². The summed E-state index contributed by atoms with van der Waals surface area (Å²) in [6.07, 6.45) is 0. The Morgan fingerprint density at radius 3 is 2.26 bits per heavy atom. The lowest BCUT2D eigenvalue weighted by atomic mass is 10.2. The molecule has 0 saturated carbocycles. The van der Waals surface area contributed by atoms with E-state index >= 15 is 0 Å². The van der Waals surface area contributed by atoms with Crippen molar-refractivity contribution in [2.45, 2.75) is 13.1 Å². The van der Waals surface area contributed by atoms with Crippen LogP contribution in [0.5, 0.6) is 0 Å². The molecule has 2 rings (SSSR count). The summed E-state index contributed by atoms with van der Waals surface area (Å²) in [6.45, 7) is 0.579. The van der Waals surface area contributed by atoms with Crippen LogP contribution in [0.1, 0.15) is 11.1 Å². The minimum Gasteiger partial charge on any atom is -0.352 e. The molecular formula is C16H17BrF2IN3. The Hall–Kier alpha value is -1.22. The first-order valence-electron chi connectivity index (χ1n) is 6.72. The van der Waals surface area contributed by atoms with E-state index < -0.39 is 0 Å². The molecule has 0 aliphatic carbocycles. The van der Waals surface area contributed by atoms with Crippen LogP contribution >= 0.6 is 39.9 Å². The predicted octanol–water partition coefficient (Wildman–Crippen LogP) is 4.21. The molecule has 124 valence electrons. The number of halogens is 4. The number of nitrogens with one attached hydrogen (secondary N) is 2. The van der Waals surface area contributed by atoms with Crippen LogP contribution in [0.4, 0.5) is 8.78 Å². The van der Waals surface area contributed by atoms with Crippen LogP contribution in [0.2, 0.25) is 0 Å². The molecule has 0 heterocycles. The van der Waals surface area contributed by atoms with Gasteiger partial charge in [-0.3, -0.25) is 4.99 Å². The molecule has 0 unspecified atom stereocenters. The average Bonchev–Trinajstić information content (AvgIpc) is 2.52. The third kappa shape index (κ3) is 6.06. The van der Waals surface area contributed by atoms with Gasteiger partial charge in [-0.1, -0.05) is 34.1 Å². The van der Waals surface area contributed by atoms with Crippen molar-refractivity contribution in [2.75, 3.05) is 7.05 Å². The van der Waals surface area contributed by atoms with Crippen molar-refractivity contribution in [2.24, 2.45) is 4.99 Å². The van der Waals surface area contributed by atoms with E-state index in [1.165, 1.54) is 12.1 Å². The second kappa shape index (κ2) is 9.82. The Morgan fingerprint density at radius 1 is 1.00 bits per heavy atom. The average molecular weight is 496 g/mol. The lowest BCUT2D eigenvalue weighted by molar-refractivity contribution is 0.600. The molecule has 0 aliphatic heterocycles. The first-order chi connectivity index (χ1) is 10.6. The molecule has 7 heteroatoms. The fourth-order valence-electron chi connectivity index (χ4n) is 1.90. The van der Waals surface area contributed by atoms with Crippen LogP contribution in [0, 0.1) is 11.6 Å². The summed E-state index contributed by atoms with van der Waals surface area (Å²) in [5.74, 6) is -0.0913. The number of aliphatic imine (C=N–C) groups is 1. The van der Waals surface area contributed by atoms with Gasteiger partial charge in [0.25, 0.3) is 0 Å². The first kappa shape index (κ1) is 19.8. The van der Waals surface area contributed by atoms with E-state index in [0.717, 1.165) is 4.47 Å². The molecule has 23 heavy (non-hydrogen) atoms. The molecule has 0 radical (unpaired) electrons. The van der Waals surface area contributed by atoms with Crippen LogP contribution in [-0.4, -0.2) is 13.0 Å². The molecule has 0 amide bonds. The Balaban J connectivity index is 0.00000264. The van der Waals surface area contributed by atoms with Crippen molar-refractivity contribution in [3.63, 3.8) is 0 Å². The lowest BCUT2D eigenvalue weighted by Gasteiger charge is -2.13. The second-order valence-electron chi connectivity index (χ2n) is 4.61. The van der Waals surface area contributed by atoms with Gasteiger partial charge in [0, 0.05) is 35.7 Å². The highest BCUT2D eigenvalue weighted by molar-refractivity contribution is 14.0. The van der Waals surface area contributed by atoms with Gasteiger partial charge < -0.3 is 10.6 Å². The van der Waals surface area contributed by atoms with Crippen LogP contribution < -0.4 is 10.6 Å². The van der Waals surface area contributed by atoms with Gasteiger partial charge >= 0.3 is 0 Å². The Labute approximate surface area is 159 Å². The van der Waals surface area contributed by atoms with Crippen molar-refractivity contribution < 1.29 is 8.78 Å². The number of rotatable bonds is 4. The van der Waals surface area contributed by atoms with Crippen molar-refractivity contribution >= 4 is 45.9 Å². The van der Waals surface area contributed by atoms with Crippen LogP contribution in [-0.2, 0) is 13.1 Å². The summed E-state index contributed by atoms with van der Waals surface area (Å²) in [5, 5.41) is 5.99. The molecule has 0 atom stereocenters. The number of hydrogen-bond acceptors (Lipinski definition) is 1. The van der Waals surface area contributed by atoms with E-state index in [0.29, 0.717) is 23.6 Å². The van der Waals surface area contributed by atoms with Gasteiger partial charge in [-0.05, 0) is 24.3 Å². The van der Waals surface area contributed by atoms with Crippen LogP contribution in [0.25, 0.3) is 0 Å². The summed E-state index contributed by atoms with van der Waals surface area (Å²) in [6, 6.07) is 11.3. The molecular weight excluding hydrogens is 479 g/mol. The predicted molar refractivity (Wildman–Crippen MR) is 103 cm³/mol. The summed E-state index contributed by atoms with van der Waals surface area (Å²) in [7, 11) is 1.61. The Kier molecular flexibility index (Phi) is 8.46. The van der Waals surface area contributed by atoms with E-state index in [1.54, 1.807) is 37.4 Å². The number of hydrogen-bond donors (Lipinski definition) is 2. The molecule has 0 aliphatic rings. The van der Waals surface area contributed by atoms with Crippen LogP contribution in [0.15, 0.2) is 51.9 Å². The lowest BCUT2D eigenvalue weighted by Crippen LogP contribution is -2.36. The maximum Gasteiger partial charge on any atom is 0.191 e. The van der Waals surface area contributed by atoms with Gasteiger partial charge in [0.2, 0.25) is 0 Å². The monoisotopic (exact) mass is 495 g/mol. The number of guanidine groups is 1. The second-order valence-corrected chi connectivity index (χ2v) is 5.52. The molecule has 0 saturated heterocycles. The minimum absolute atomic E-state index is 0. The summed E-state index contributed by atoms with van der Waals surface area (Å²) < 4.78 is 28.0. The zero-order valence-electron chi connectivity index (χ0n) is 12.4. The van der Waals surface area contributed by atoms with E-state index in [2.05, 4.69) is 31.6 Å². The standard InChI is InChI=1S/C16H16BrF2N3.HI/c1-20-16(21-9-11-4-2-3-5-14(11)18)22-10-12-8-13(17)6-7-15(12)19;/h2-8H,9-10H2,1H3,(H2,20,21,22);1H. The molecule has 0 aromatic heterocycles. The third-order valence-electron chi connectivity index (χ3n) is 3.08. The smallest absolute Gasteiger partial charge is 0.191 e. The van der Waals surface area contributed by atoms with Gasteiger partial charge in [-0.25, -0.2) is 8.78 Å². The van der Waals surface area contributed by atoms with E-state index in [-0.39, 0.29) is 42.2 Å². The third-order valence-corrected chi connectivity index (χ3v) is 3.58.